The van der Waals surface area contributed by atoms with Crippen LogP contribution in [0.25, 0.3) is 10.6 Å². The quantitative estimate of drug-likeness (QED) is 0.380. The molecule has 0 N–H and O–H groups in total. The molecular formula is C25H20N2O3S. The van der Waals surface area contributed by atoms with Crippen LogP contribution < -0.4 is 4.90 Å². The summed E-state index contributed by atoms with van der Waals surface area (Å²) in [5.41, 5.74) is 2.86. The van der Waals surface area contributed by atoms with E-state index >= 15 is 0 Å². The summed E-state index contributed by atoms with van der Waals surface area (Å²) in [5, 5.41) is 2.38. The summed E-state index contributed by atoms with van der Waals surface area (Å²) in [7, 11) is 0. The van der Waals surface area contributed by atoms with Crippen molar-refractivity contribution in [3.8, 4) is 10.6 Å². The van der Waals surface area contributed by atoms with Gasteiger partial charge in [-0.3, -0.25) is 4.79 Å². The number of ether oxygens (including phenoxy) is 1. The third-order valence-electron chi connectivity index (χ3n) is 4.61. The van der Waals surface area contributed by atoms with Crippen molar-refractivity contribution < 1.29 is 14.3 Å². The van der Waals surface area contributed by atoms with Gasteiger partial charge in [0.1, 0.15) is 5.01 Å². The molecule has 6 heteroatoms. The van der Waals surface area contributed by atoms with Gasteiger partial charge < -0.3 is 9.64 Å². The largest absolute Gasteiger partial charge is 0.451 e. The molecule has 0 aliphatic rings. The van der Waals surface area contributed by atoms with Crippen molar-refractivity contribution in [2.75, 3.05) is 11.5 Å². The number of esters is 1. The Morgan fingerprint density at radius 1 is 0.839 bits per heavy atom. The van der Waals surface area contributed by atoms with Crippen LogP contribution in [0.15, 0.2) is 96.4 Å². The van der Waals surface area contributed by atoms with E-state index in [9.17, 15) is 9.59 Å². The van der Waals surface area contributed by atoms with E-state index in [1.54, 1.807) is 10.3 Å². The molecule has 1 heterocycles. The summed E-state index contributed by atoms with van der Waals surface area (Å²) >= 11 is 1.36. The molecule has 0 aliphatic heterocycles. The van der Waals surface area contributed by atoms with Crippen LogP contribution in [0.4, 0.5) is 5.69 Å². The third-order valence-corrected chi connectivity index (χ3v) is 5.50. The first kappa shape index (κ1) is 20.5. The standard InChI is InChI=1S/C25H20N2O3S/c28-23(27(21-14-8-3-9-15-21)16-19-10-4-1-5-11-19)17-30-25(29)22-18-31-24(26-22)20-12-6-2-7-13-20/h1-15,18H,16-17H2. The second-order valence-electron chi connectivity index (χ2n) is 6.78. The summed E-state index contributed by atoms with van der Waals surface area (Å²) in [6, 6.07) is 28.6. The fraction of sp³-hybridized carbons (Fsp3) is 0.0800. The van der Waals surface area contributed by atoms with Crippen molar-refractivity contribution in [3.05, 3.63) is 108 Å². The minimum absolute atomic E-state index is 0.200. The van der Waals surface area contributed by atoms with Crippen molar-refractivity contribution in [2.24, 2.45) is 0 Å². The molecule has 154 valence electrons. The molecule has 0 saturated carbocycles. The number of hydrogen-bond donors (Lipinski definition) is 0. The molecule has 0 saturated heterocycles. The molecule has 0 atom stereocenters. The zero-order valence-electron chi connectivity index (χ0n) is 16.7. The summed E-state index contributed by atoms with van der Waals surface area (Å²) in [6.07, 6.45) is 0. The highest BCUT2D eigenvalue weighted by Crippen LogP contribution is 2.24. The molecular weight excluding hydrogens is 408 g/mol. The maximum atomic E-state index is 12.9. The van der Waals surface area contributed by atoms with E-state index in [2.05, 4.69) is 4.98 Å². The van der Waals surface area contributed by atoms with Gasteiger partial charge in [0.05, 0.1) is 6.54 Å². The average molecular weight is 429 g/mol. The number of thiazole rings is 1. The highest BCUT2D eigenvalue weighted by atomic mass is 32.1. The first-order valence-corrected chi connectivity index (χ1v) is 10.7. The van der Waals surface area contributed by atoms with Gasteiger partial charge in [0.15, 0.2) is 12.3 Å². The van der Waals surface area contributed by atoms with Crippen molar-refractivity contribution in [1.82, 2.24) is 4.98 Å². The molecule has 0 fully saturated rings. The van der Waals surface area contributed by atoms with Crippen LogP contribution in [-0.2, 0) is 16.1 Å². The molecule has 0 aliphatic carbocycles. The first-order valence-electron chi connectivity index (χ1n) is 9.78. The highest BCUT2D eigenvalue weighted by molar-refractivity contribution is 7.13. The minimum atomic E-state index is -0.612. The Labute approximate surface area is 184 Å². The van der Waals surface area contributed by atoms with Crippen LogP contribution in [0, 0.1) is 0 Å². The predicted octanol–water partition coefficient (Wildman–Crippen LogP) is 5.20. The Morgan fingerprint density at radius 3 is 2.13 bits per heavy atom. The first-order chi connectivity index (χ1) is 15.2. The Balaban J connectivity index is 1.44. The maximum absolute atomic E-state index is 12.9. The fourth-order valence-corrected chi connectivity index (χ4v) is 3.85. The third kappa shape index (κ3) is 5.24. The Kier molecular flexibility index (Phi) is 6.50. The van der Waals surface area contributed by atoms with E-state index in [4.69, 9.17) is 4.74 Å². The predicted molar refractivity (Wildman–Crippen MR) is 122 cm³/mol. The van der Waals surface area contributed by atoms with Crippen molar-refractivity contribution in [1.29, 1.82) is 0 Å². The minimum Gasteiger partial charge on any atom is -0.451 e. The number of amides is 1. The molecule has 4 aromatic rings. The van der Waals surface area contributed by atoms with Crippen LogP contribution in [-0.4, -0.2) is 23.5 Å². The Bertz CT molecular complexity index is 1150. The molecule has 1 amide bonds. The maximum Gasteiger partial charge on any atom is 0.358 e. The van der Waals surface area contributed by atoms with Gasteiger partial charge in [0.25, 0.3) is 5.91 Å². The number of aromatic nitrogens is 1. The average Bonchev–Trinajstić information content (AvgIpc) is 3.33. The van der Waals surface area contributed by atoms with E-state index in [1.807, 2.05) is 91.0 Å². The molecule has 5 nitrogen and oxygen atoms in total. The van der Waals surface area contributed by atoms with Crippen LogP contribution in [0.2, 0.25) is 0 Å². The number of anilines is 1. The molecule has 0 bridgehead atoms. The monoisotopic (exact) mass is 428 g/mol. The summed E-state index contributed by atoms with van der Waals surface area (Å²) < 4.78 is 5.29. The van der Waals surface area contributed by atoms with Gasteiger partial charge in [-0.05, 0) is 17.7 Å². The SMILES string of the molecule is O=C(OCC(=O)N(Cc1ccccc1)c1ccccc1)c1csc(-c2ccccc2)n1. The van der Waals surface area contributed by atoms with E-state index in [-0.39, 0.29) is 18.2 Å². The Hall–Kier alpha value is -3.77. The zero-order valence-corrected chi connectivity index (χ0v) is 17.5. The molecule has 3 aromatic carbocycles. The summed E-state index contributed by atoms with van der Waals surface area (Å²) in [4.78, 5) is 31.4. The molecule has 31 heavy (non-hydrogen) atoms. The lowest BCUT2D eigenvalue weighted by molar-refractivity contribution is -0.121. The van der Waals surface area contributed by atoms with E-state index in [0.717, 1.165) is 21.8 Å². The molecule has 4 rings (SSSR count). The molecule has 0 spiro atoms. The summed E-state index contributed by atoms with van der Waals surface area (Å²) in [5.74, 6) is -0.915. The van der Waals surface area contributed by atoms with Gasteiger partial charge in [0, 0.05) is 16.6 Å². The van der Waals surface area contributed by atoms with Gasteiger partial charge in [-0.15, -0.1) is 11.3 Å². The van der Waals surface area contributed by atoms with E-state index in [1.165, 1.54) is 11.3 Å². The van der Waals surface area contributed by atoms with Crippen LogP contribution in [0.1, 0.15) is 16.1 Å². The van der Waals surface area contributed by atoms with Crippen molar-refractivity contribution in [2.45, 2.75) is 6.54 Å². The topological polar surface area (TPSA) is 59.5 Å². The van der Waals surface area contributed by atoms with Crippen LogP contribution >= 0.6 is 11.3 Å². The number of para-hydroxylation sites is 1. The summed E-state index contributed by atoms with van der Waals surface area (Å²) in [6.45, 7) is 0.0227. The lowest BCUT2D eigenvalue weighted by Gasteiger charge is -2.23. The number of carbonyl (C=O) groups excluding carboxylic acids is 2. The van der Waals surface area contributed by atoms with E-state index < -0.39 is 5.97 Å². The highest BCUT2D eigenvalue weighted by Gasteiger charge is 2.20. The number of nitrogens with zero attached hydrogens (tertiary/aromatic N) is 2. The Morgan fingerprint density at radius 2 is 1.45 bits per heavy atom. The van der Waals surface area contributed by atoms with E-state index in [0.29, 0.717) is 6.54 Å². The number of rotatable bonds is 7. The second-order valence-corrected chi connectivity index (χ2v) is 7.64. The van der Waals surface area contributed by atoms with Gasteiger partial charge >= 0.3 is 5.97 Å². The van der Waals surface area contributed by atoms with Gasteiger partial charge in [0.2, 0.25) is 0 Å². The molecule has 0 radical (unpaired) electrons. The number of hydrogen-bond acceptors (Lipinski definition) is 5. The normalized spacial score (nSPS) is 10.5. The molecule has 1 aromatic heterocycles. The lowest BCUT2D eigenvalue weighted by atomic mass is 10.2. The lowest BCUT2D eigenvalue weighted by Crippen LogP contribution is -2.34. The smallest absolute Gasteiger partial charge is 0.358 e. The van der Waals surface area contributed by atoms with Crippen LogP contribution in [0.3, 0.4) is 0 Å². The van der Waals surface area contributed by atoms with Gasteiger partial charge in [-0.1, -0.05) is 78.9 Å². The van der Waals surface area contributed by atoms with Gasteiger partial charge in [-0.2, -0.15) is 0 Å². The number of benzene rings is 3. The van der Waals surface area contributed by atoms with Crippen molar-refractivity contribution >= 4 is 28.9 Å². The fourth-order valence-electron chi connectivity index (χ4n) is 3.06. The van der Waals surface area contributed by atoms with Crippen molar-refractivity contribution in [3.63, 3.8) is 0 Å². The van der Waals surface area contributed by atoms with Gasteiger partial charge in [-0.25, -0.2) is 9.78 Å². The van der Waals surface area contributed by atoms with Crippen LogP contribution in [0.5, 0.6) is 0 Å². The molecule has 0 unspecified atom stereocenters. The zero-order chi connectivity index (χ0) is 21.5. The number of carbonyl (C=O) groups is 2. The second kappa shape index (κ2) is 9.82.